The topological polar surface area (TPSA) is 37.3 Å². The number of carboxylic acids is 1. The smallest absolute Gasteiger partial charge is 0.306 e. The molecule has 0 aliphatic heterocycles. The number of aliphatic carboxylic acids is 1. The van der Waals surface area contributed by atoms with Crippen LogP contribution in [0.5, 0.6) is 0 Å². The van der Waals surface area contributed by atoms with Gasteiger partial charge in [-0.1, -0.05) is 104 Å². The molecule has 0 heterocycles. The average molecular weight is 358 g/mol. The molecular formula is C25H26O2. The van der Waals surface area contributed by atoms with Crippen molar-refractivity contribution in [3.8, 4) is 0 Å². The van der Waals surface area contributed by atoms with E-state index >= 15 is 0 Å². The second kappa shape index (κ2) is 8.68. The minimum Gasteiger partial charge on any atom is -0.481 e. The number of rotatable bonds is 8. The molecule has 2 nitrogen and oxygen atoms in total. The highest BCUT2D eigenvalue weighted by atomic mass is 16.4. The minimum absolute atomic E-state index is 0.407. The van der Waals surface area contributed by atoms with Gasteiger partial charge in [0.05, 0.1) is 5.92 Å². The van der Waals surface area contributed by atoms with Crippen molar-refractivity contribution in [2.45, 2.75) is 31.6 Å². The fourth-order valence-electron chi connectivity index (χ4n) is 4.05. The van der Waals surface area contributed by atoms with E-state index in [1.54, 1.807) is 0 Å². The van der Waals surface area contributed by atoms with Crippen molar-refractivity contribution in [1.29, 1.82) is 0 Å². The lowest BCUT2D eigenvalue weighted by atomic mass is 9.64. The number of carboxylic acid groups (broad SMARTS) is 1. The Hall–Kier alpha value is -2.87. The Balaban J connectivity index is 2.27. The lowest BCUT2D eigenvalue weighted by molar-refractivity contribution is -0.142. The predicted molar refractivity (Wildman–Crippen MR) is 110 cm³/mol. The predicted octanol–water partition coefficient (Wildman–Crippen LogP) is 5.91. The second-order valence-electron chi connectivity index (χ2n) is 7.03. The van der Waals surface area contributed by atoms with Crippen LogP contribution < -0.4 is 0 Å². The molecule has 0 aliphatic carbocycles. The van der Waals surface area contributed by atoms with Crippen LogP contribution in [0.4, 0.5) is 0 Å². The van der Waals surface area contributed by atoms with Gasteiger partial charge in [0.25, 0.3) is 0 Å². The van der Waals surface area contributed by atoms with Gasteiger partial charge in [-0.3, -0.25) is 4.79 Å². The molecule has 0 radical (unpaired) electrons. The van der Waals surface area contributed by atoms with Gasteiger partial charge in [0.15, 0.2) is 0 Å². The Bertz CT molecular complexity index is 745. The van der Waals surface area contributed by atoms with E-state index in [1.807, 2.05) is 61.5 Å². The van der Waals surface area contributed by atoms with E-state index in [-0.39, 0.29) is 0 Å². The molecule has 0 saturated heterocycles. The Morgan fingerprint density at radius 1 is 0.778 bits per heavy atom. The van der Waals surface area contributed by atoms with Crippen molar-refractivity contribution in [2.75, 3.05) is 0 Å². The van der Waals surface area contributed by atoms with E-state index in [0.29, 0.717) is 12.8 Å². The Labute approximate surface area is 161 Å². The fraction of sp³-hybridized carbons (Fsp3) is 0.240. The molecule has 138 valence electrons. The van der Waals surface area contributed by atoms with Gasteiger partial charge in [0.1, 0.15) is 0 Å². The van der Waals surface area contributed by atoms with Crippen LogP contribution in [0, 0.1) is 5.92 Å². The zero-order valence-electron chi connectivity index (χ0n) is 15.7. The van der Waals surface area contributed by atoms with Crippen LogP contribution in [0.3, 0.4) is 0 Å². The van der Waals surface area contributed by atoms with Crippen LogP contribution in [0.1, 0.15) is 42.9 Å². The zero-order valence-corrected chi connectivity index (χ0v) is 15.7. The molecule has 3 aromatic carbocycles. The molecule has 1 N–H and O–H groups in total. The molecule has 0 fully saturated rings. The Morgan fingerprint density at radius 3 is 1.44 bits per heavy atom. The fourth-order valence-corrected chi connectivity index (χ4v) is 4.05. The first-order valence-corrected chi connectivity index (χ1v) is 9.58. The van der Waals surface area contributed by atoms with Crippen LogP contribution in [-0.2, 0) is 10.2 Å². The molecule has 27 heavy (non-hydrogen) atoms. The molecule has 3 aromatic rings. The highest BCUT2D eigenvalue weighted by Gasteiger charge is 2.39. The van der Waals surface area contributed by atoms with Crippen molar-refractivity contribution in [3.63, 3.8) is 0 Å². The highest BCUT2D eigenvalue weighted by Crippen LogP contribution is 2.44. The molecule has 0 aliphatic rings. The lowest BCUT2D eigenvalue weighted by Gasteiger charge is -2.38. The molecule has 0 bridgehead atoms. The molecule has 1 unspecified atom stereocenters. The van der Waals surface area contributed by atoms with Gasteiger partial charge in [0.2, 0.25) is 0 Å². The molecule has 2 heteroatoms. The van der Waals surface area contributed by atoms with Crippen LogP contribution in [0.25, 0.3) is 0 Å². The summed E-state index contributed by atoms with van der Waals surface area (Å²) in [5.41, 5.74) is 2.89. The summed E-state index contributed by atoms with van der Waals surface area (Å²) in [5, 5.41) is 9.91. The zero-order chi connectivity index (χ0) is 19.1. The van der Waals surface area contributed by atoms with Gasteiger partial charge in [0, 0.05) is 5.41 Å². The Morgan fingerprint density at radius 2 is 1.15 bits per heavy atom. The largest absolute Gasteiger partial charge is 0.481 e. The quantitative estimate of drug-likeness (QED) is 0.508. The SMILES string of the molecule is CCCC(CC(c1ccccc1)(c1ccccc1)c1ccccc1)C(=O)O. The average Bonchev–Trinajstić information content (AvgIpc) is 2.73. The van der Waals surface area contributed by atoms with Gasteiger partial charge in [-0.25, -0.2) is 0 Å². The third-order valence-corrected chi connectivity index (χ3v) is 5.34. The maximum absolute atomic E-state index is 12.1. The van der Waals surface area contributed by atoms with Crippen molar-refractivity contribution in [3.05, 3.63) is 108 Å². The summed E-state index contributed by atoms with van der Waals surface area (Å²) < 4.78 is 0. The molecule has 0 saturated carbocycles. The van der Waals surface area contributed by atoms with Gasteiger partial charge in [-0.05, 0) is 29.5 Å². The standard InChI is InChI=1S/C25H26O2/c1-2-12-20(24(26)27)19-25(21-13-6-3-7-14-21,22-15-8-4-9-16-22)23-17-10-5-11-18-23/h3-11,13-18,20H,2,12,19H2,1H3,(H,26,27). The third-order valence-electron chi connectivity index (χ3n) is 5.34. The number of benzene rings is 3. The summed E-state index contributed by atoms with van der Waals surface area (Å²) in [7, 11) is 0. The maximum Gasteiger partial charge on any atom is 0.306 e. The van der Waals surface area contributed by atoms with Crippen LogP contribution in [0.2, 0.25) is 0 Å². The first kappa shape index (κ1) is 18.9. The van der Waals surface area contributed by atoms with Crippen molar-refractivity contribution < 1.29 is 9.90 Å². The molecule has 0 aromatic heterocycles. The molecule has 0 amide bonds. The summed E-state index contributed by atoms with van der Waals surface area (Å²) in [5.74, 6) is -1.13. The molecule has 3 rings (SSSR count). The van der Waals surface area contributed by atoms with Gasteiger partial charge < -0.3 is 5.11 Å². The molecular weight excluding hydrogens is 332 g/mol. The van der Waals surface area contributed by atoms with E-state index in [1.165, 1.54) is 0 Å². The minimum atomic E-state index is -0.719. The highest BCUT2D eigenvalue weighted by molar-refractivity contribution is 5.71. The Kier molecular flexibility index (Phi) is 6.08. The van der Waals surface area contributed by atoms with Gasteiger partial charge >= 0.3 is 5.97 Å². The molecule has 0 spiro atoms. The lowest BCUT2D eigenvalue weighted by Crippen LogP contribution is -2.34. The van der Waals surface area contributed by atoms with Crippen LogP contribution >= 0.6 is 0 Å². The monoisotopic (exact) mass is 358 g/mol. The first-order chi connectivity index (χ1) is 13.2. The summed E-state index contributed by atoms with van der Waals surface area (Å²) in [6.45, 7) is 2.05. The van der Waals surface area contributed by atoms with Gasteiger partial charge in [-0.2, -0.15) is 0 Å². The summed E-state index contributed by atoms with van der Waals surface area (Å²) >= 11 is 0. The normalized spacial score (nSPS) is 12.5. The van der Waals surface area contributed by atoms with Crippen LogP contribution in [-0.4, -0.2) is 11.1 Å². The van der Waals surface area contributed by atoms with E-state index in [0.717, 1.165) is 23.1 Å². The van der Waals surface area contributed by atoms with E-state index in [4.69, 9.17) is 0 Å². The van der Waals surface area contributed by atoms with E-state index in [9.17, 15) is 9.90 Å². The summed E-state index contributed by atoms with van der Waals surface area (Å²) in [6.07, 6.45) is 2.06. The van der Waals surface area contributed by atoms with E-state index in [2.05, 4.69) is 36.4 Å². The summed E-state index contributed by atoms with van der Waals surface area (Å²) in [4.78, 5) is 12.1. The molecule has 1 atom stereocenters. The number of hydrogen-bond acceptors (Lipinski definition) is 1. The number of hydrogen-bond donors (Lipinski definition) is 1. The maximum atomic E-state index is 12.1. The third kappa shape index (κ3) is 3.95. The second-order valence-corrected chi connectivity index (χ2v) is 7.03. The number of carbonyl (C=O) groups is 1. The van der Waals surface area contributed by atoms with E-state index < -0.39 is 17.3 Å². The van der Waals surface area contributed by atoms with Gasteiger partial charge in [-0.15, -0.1) is 0 Å². The van der Waals surface area contributed by atoms with Crippen molar-refractivity contribution in [2.24, 2.45) is 5.92 Å². The first-order valence-electron chi connectivity index (χ1n) is 9.58. The van der Waals surface area contributed by atoms with Crippen molar-refractivity contribution >= 4 is 5.97 Å². The van der Waals surface area contributed by atoms with Crippen LogP contribution in [0.15, 0.2) is 91.0 Å². The van der Waals surface area contributed by atoms with Crippen molar-refractivity contribution in [1.82, 2.24) is 0 Å². The summed E-state index contributed by atoms with van der Waals surface area (Å²) in [6, 6.07) is 30.9.